The van der Waals surface area contributed by atoms with Crippen molar-refractivity contribution < 1.29 is 15.1 Å². The molecule has 0 atom stereocenters. The second-order valence-corrected chi connectivity index (χ2v) is 4.72. The van der Waals surface area contributed by atoms with Crippen LogP contribution >= 0.6 is 36.4 Å². The van der Waals surface area contributed by atoms with Crippen molar-refractivity contribution >= 4 is 36.4 Å². The van der Waals surface area contributed by atoms with Crippen molar-refractivity contribution in [2.45, 2.75) is 0 Å². The van der Waals surface area contributed by atoms with Gasteiger partial charge in [-0.25, -0.2) is 0 Å². The summed E-state index contributed by atoms with van der Waals surface area (Å²) >= 11 is -0.931. The molecule has 0 radical (unpaired) electrons. The van der Waals surface area contributed by atoms with E-state index in [2.05, 4.69) is 0 Å². The van der Waals surface area contributed by atoms with E-state index in [0.717, 1.165) is 0 Å². The van der Waals surface area contributed by atoms with Gasteiger partial charge < -0.3 is 0 Å². The van der Waals surface area contributed by atoms with E-state index < -0.39 is 15.1 Å². The fourth-order valence-corrected chi connectivity index (χ4v) is 0. The average molecular weight is 217 g/mol. The third kappa shape index (κ3) is 9.36. The van der Waals surface area contributed by atoms with Crippen LogP contribution in [0.4, 0.5) is 0 Å². The molecule has 4 heteroatoms. The molecule has 0 fully saturated rings. The summed E-state index contributed by atoms with van der Waals surface area (Å²) in [6.07, 6.45) is 0. The van der Waals surface area contributed by atoms with E-state index in [-0.39, 0.29) is 17.0 Å². The Labute approximate surface area is 51.3 Å². The van der Waals surface area contributed by atoms with Gasteiger partial charge >= 0.3 is 34.5 Å². The summed E-state index contributed by atoms with van der Waals surface area (Å²) in [6, 6.07) is 0. The quantitative estimate of drug-likeness (QED) is 0.544. The summed E-state index contributed by atoms with van der Waals surface area (Å²) in [5.74, 6) is 0. The zero-order chi connectivity index (χ0) is 2.71. The van der Waals surface area contributed by atoms with Gasteiger partial charge in [-0.2, -0.15) is 0 Å². The molecule has 0 bridgehead atoms. The molecule has 0 N–H and O–H groups in total. The molecule has 0 aromatic carbocycles. The van der Waals surface area contributed by atoms with Crippen LogP contribution in [0.5, 0.6) is 0 Å². The van der Waals surface area contributed by atoms with E-state index in [1.54, 1.807) is 0 Å². The molecule has 24 valence electrons. The van der Waals surface area contributed by atoms with Crippen molar-refractivity contribution in [1.82, 2.24) is 0 Å². The maximum absolute atomic E-state index is 4.95. The summed E-state index contributed by atoms with van der Waals surface area (Å²) in [4.78, 5) is 0. The van der Waals surface area contributed by atoms with Crippen LogP contribution in [0.25, 0.3) is 0 Å². The van der Waals surface area contributed by atoms with Crippen molar-refractivity contribution in [3.05, 3.63) is 0 Å². The molecule has 4 heavy (non-hydrogen) atoms. The Morgan fingerprint density at radius 1 is 1.25 bits per heavy atom. The Hall–Kier alpha value is 1.68. The van der Waals surface area contributed by atoms with Crippen LogP contribution in [0.3, 0.4) is 0 Å². The zero-order valence-electron chi connectivity index (χ0n) is 1.87. The van der Waals surface area contributed by atoms with Crippen molar-refractivity contribution in [3.63, 3.8) is 0 Å². The van der Waals surface area contributed by atoms with Crippen molar-refractivity contribution in [2.24, 2.45) is 0 Å². The molecule has 0 spiro atoms. The Morgan fingerprint density at radius 3 is 1.25 bits per heavy atom. The molecule has 0 heterocycles. The first-order valence-electron chi connectivity index (χ1n) is 0.535. The normalized spacial score (nSPS) is 2.50. The number of hydrogen-bond acceptors (Lipinski definition) is 0. The molecule has 0 saturated heterocycles. The monoisotopic (exact) mass is 214 g/mol. The third-order valence-electron chi connectivity index (χ3n) is 0. The molecule has 0 aliphatic carbocycles. The predicted molar refractivity (Wildman–Crippen MR) is 22.0 cm³/mol. The van der Waals surface area contributed by atoms with Crippen molar-refractivity contribution in [2.75, 3.05) is 0 Å². The van der Waals surface area contributed by atoms with Crippen LogP contribution in [0.2, 0.25) is 0 Å². The summed E-state index contributed by atoms with van der Waals surface area (Å²) in [6.45, 7) is 0. The van der Waals surface area contributed by atoms with E-state index in [4.69, 9.17) is 19.4 Å². The standard InChI is InChI=1S/BrH.2ClH.Zn/h3*1H;/q;;;+2/p-2. The number of rotatable bonds is 0. The van der Waals surface area contributed by atoms with Crippen LogP contribution in [-0.2, 0) is 15.1 Å². The predicted octanol–water partition coefficient (Wildman–Crippen LogP) is 1.95. The van der Waals surface area contributed by atoms with E-state index in [9.17, 15) is 0 Å². The fourth-order valence-electron chi connectivity index (χ4n) is 0. The second-order valence-electron chi connectivity index (χ2n) is 0.101. The van der Waals surface area contributed by atoms with E-state index in [1.165, 1.54) is 0 Å². The minimum atomic E-state index is -0.931. The fraction of sp³-hybridized carbons (Fsp3) is 0. The van der Waals surface area contributed by atoms with Crippen LogP contribution in [0.1, 0.15) is 0 Å². The molecule has 0 aromatic rings. The second kappa shape index (κ2) is 8.82. The molecule has 0 aliphatic rings. The molecule has 0 nitrogen and oxygen atoms in total. The Kier molecular flexibility index (Phi) is 20.3. The van der Waals surface area contributed by atoms with Gasteiger partial charge in [0.05, 0.1) is 0 Å². The molecular formula is HBrCl2Zn. The molecule has 0 unspecified atom stereocenters. The molecule has 0 amide bonds. The Morgan fingerprint density at radius 2 is 1.25 bits per heavy atom. The van der Waals surface area contributed by atoms with Gasteiger partial charge in [0, 0.05) is 0 Å². The van der Waals surface area contributed by atoms with Gasteiger partial charge in [0.25, 0.3) is 0 Å². The zero-order valence-corrected chi connectivity index (χ0v) is 8.06. The average Bonchev–Trinajstić information content (AvgIpc) is 0.918. The van der Waals surface area contributed by atoms with Crippen LogP contribution < -0.4 is 0 Å². The van der Waals surface area contributed by atoms with Crippen LogP contribution in [0, 0.1) is 0 Å². The molecule has 0 aromatic heterocycles. The Balaban J connectivity index is 0. The topological polar surface area (TPSA) is 0 Å². The SMILES string of the molecule is Br.[Cl][Zn][Cl]. The first kappa shape index (κ1) is 9.19. The summed E-state index contributed by atoms with van der Waals surface area (Å²) in [7, 11) is 9.90. The molecular weight excluding hydrogens is 216 g/mol. The van der Waals surface area contributed by atoms with Gasteiger partial charge in [0.2, 0.25) is 0 Å². The first-order chi connectivity index (χ1) is 1.41. The van der Waals surface area contributed by atoms with Gasteiger partial charge in [0.1, 0.15) is 0 Å². The summed E-state index contributed by atoms with van der Waals surface area (Å²) < 4.78 is 0. The van der Waals surface area contributed by atoms with Crippen molar-refractivity contribution in [3.8, 4) is 0 Å². The summed E-state index contributed by atoms with van der Waals surface area (Å²) in [5.41, 5.74) is 0. The summed E-state index contributed by atoms with van der Waals surface area (Å²) in [5, 5.41) is 0. The van der Waals surface area contributed by atoms with Gasteiger partial charge in [0.15, 0.2) is 0 Å². The maximum atomic E-state index is 4.95. The minimum absolute atomic E-state index is 0. The number of halogens is 3. The van der Waals surface area contributed by atoms with E-state index in [0.29, 0.717) is 0 Å². The number of hydrogen-bond donors (Lipinski definition) is 0. The molecule has 0 aliphatic heterocycles. The van der Waals surface area contributed by atoms with Gasteiger partial charge in [-0.15, -0.1) is 17.0 Å². The van der Waals surface area contributed by atoms with Crippen molar-refractivity contribution in [1.29, 1.82) is 0 Å². The van der Waals surface area contributed by atoms with Crippen LogP contribution in [0.15, 0.2) is 0 Å². The molecule has 0 saturated carbocycles. The third-order valence-corrected chi connectivity index (χ3v) is 0. The van der Waals surface area contributed by atoms with Gasteiger partial charge in [-0.3, -0.25) is 0 Å². The molecule has 0 rings (SSSR count). The van der Waals surface area contributed by atoms with Gasteiger partial charge in [-0.05, 0) is 0 Å². The first-order valence-corrected chi connectivity index (χ1v) is 8.33. The van der Waals surface area contributed by atoms with E-state index >= 15 is 0 Å². The Bertz CT molecular complexity index is 6.00. The van der Waals surface area contributed by atoms with E-state index in [1.807, 2.05) is 0 Å². The van der Waals surface area contributed by atoms with Crippen LogP contribution in [-0.4, -0.2) is 0 Å². The van der Waals surface area contributed by atoms with Gasteiger partial charge in [-0.1, -0.05) is 0 Å².